The number of thiophene rings is 1. The number of nitrogens with two attached hydrogens (primary N) is 1. The molecule has 0 radical (unpaired) electrons. The van der Waals surface area contributed by atoms with Crippen LogP contribution in [0.4, 0.5) is 0 Å². The van der Waals surface area contributed by atoms with Crippen molar-refractivity contribution >= 4 is 34.3 Å². The van der Waals surface area contributed by atoms with E-state index < -0.39 is 0 Å². The van der Waals surface area contributed by atoms with Gasteiger partial charge in [0.25, 0.3) is 0 Å². The van der Waals surface area contributed by atoms with E-state index in [1.807, 2.05) is 6.07 Å². The van der Waals surface area contributed by atoms with Gasteiger partial charge in [-0.2, -0.15) is 0 Å². The lowest BCUT2D eigenvalue weighted by Crippen LogP contribution is -1.92. The maximum absolute atomic E-state index is 5.36. The molecular formula is C13H11N5S2. The fourth-order valence-electron chi connectivity index (χ4n) is 1.65. The van der Waals surface area contributed by atoms with Gasteiger partial charge in [-0.3, -0.25) is 0 Å². The Kier molecular flexibility index (Phi) is 3.97. The van der Waals surface area contributed by atoms with Crippen LogP contribution in [0.25, 0.3) is 11.2 Å². The minimum Gasteiger partial charge on any atom is -0.341 e. The maximum atomic E-state index is 5.36. The molecule has 3 heterocycles. The van der Waals surface area contributed by atoms with Crippen LogP contribution < -0.4 is 5.73 Å². The Balaban J connectivity index is 1.73. The molecule has 0 unspecified atom stereocenters. The van der Waals surface area contributed by atoms with Crippen molar-refractivity contribution in [3.05, 3.63) is 34.5 Å². The summed E-state index contributed by atoms with van der Waals surface area (Å²) in [5.74, 6) is 6.75. The van der Waals surface area contributed by atoms with Crippen LogP contribution in [0.15, 0.2) is 29.8 Å². The van der Waals surface area contributed by atoms with Gasteiger partial charge in [0.05, 0.1) is 17.7 Å². The summed E-state index contributed by atoms with van der Waals surface area (Å²) in [5, 5.41) is 0.912. The first-order valence-electron chi connectivity index (χ1n) is 5.91. The summed E-state index contributed by atoms with van der Waals surface area (Å²) in [6, 6.07) is 4.11. The molecule has 5 nitrogen and oxygen atoms in total. The van der Waals surface area contributed by atoms with E-state index in [-0.39, 0.29) is 0 Å². The molecule has 3 aromatic rings. The lowest BCUT2D eigenvalue weighted by molar-refractivity contribution is 1.08. The van der Waals surface area contributed by atoms with Crippen molar-refractivity contribution in [3.63, 3.8) is 0 Å². The lowest BCUT2D eigenvalue weighted by atomic mass is 10.4. The molecule has 0 aliphatic rings. The van der Waals surface area contributed by atoms with E-state index in [1.54, 1.807) is 29.4 Å². The molecule has 0 bridgehead atoms. The van der Waals surface area contributed by atoms with Crippen LogP contribution in [-0.2, 0) is 5.75 Å². The van der Waals surface area contributed by atoms with E-state index in [9.17, 15) is 0 Å². The largest absolute Gasteiger partial charge is 0.341 e. The van der Waals surface area contributed by atoms with Gasteiger partial charge in [-0.05, 0) is 12.1 Å². The fraction of sp³-hybridized carbons (Fsp3) is 0.154. The molecule has 20 heavy (non-hydrogen) atoms. The summed E-state index contributed by atoms with van der Waals surface area (Å²) in [6.45, 7) is 0.390. The zero-order valence-electron chi connectivity index (χ0n) is 10.5. The highest BCUT2D eigenvalue weighted by atomic mass is 32.2. The molecule has 3 N–H and O–H groups in total. The van der Waals surface area contributed by atoms with E-state index in [0.29, 0.717) is 12.2 Å². The van der Waals surface area contributed by atoms with Gasteiger partial charge < -0.3 is 10.7 Å². The van der Waals surface area contributed by atoms with Crippen molar-refractivity contribution in [3.8, 4) is 11.8 Å². The molecule has 0 saturated heterocycles. The molecule has 0 aromatic carbocycles. The average Bonchev–Trinajstić information content (AvgIpc) is 3.11. The van der Waals surface area contributed by atoms with Gasteiger partial charge in [0.2, 0.25) is 0 Å². The molecule has 0 spiro atoms. The van der Waals surface area contributed by atoms with E-state index in [1.165, 1.54) is 11.2 Å². The molecule has 3 rings (SSSR count). The number of nitrogens with one attached hydrogen (secondary N) is 1. The first-order chi connectivity index (χ1) is 9.86. The molecule has 3 aromatic heterocycles. The first-order valence-corrected chi connectivity index (χ1v) is 7.71. The predicted molar refractivity (Wildman–Crippen MR) is 81.5 cm³/mol. The van der Waals surface area contributed by atoms with Gasteiger partial charge in [0.1, 0.15) is 16.9 Å². The van der Waals surface area contributed by atoms with Crippen LogP contribution in [-0.4, -0.2) is 26.5 Å². The van der Waals surface area contributed by atoms with Crippen molar-refractivity contribution in [1.29, 1.82) is 0 Å². The minimum absolute atomic E-state index is 0.390. The minimum atomic E-state index is 0.390. The molecule has 0 aliphatic carbocycles. The van der Waals surface area contributed by atoms with Crippen molar-refractivity contribution in [2.75, 3.05) is 6.54 Å². The van der Waals surface area contributed by atoms with Crippen molar-refractivity contribution < 1.29 is 0 Å². The van der Waals surface area contributed by atoms with Gasteiger partial charge in [-0.25, -0.2) is 15.0 Å². The van der Waals surface area contributed by atoms with Crippen LogP contribution in [0.5, 0.6) is 0 Å². The van der Waals surface area contributed by atoms with Gasteiger partial charge in [-0.1, -0.05) is 23.6 Å². The number of fused-ring (bicyclic) bond motifs is 1. The zero-order valence-corrected chi connectivity index (χ0v) is 12.1. The summed E-state index contributed by atoms with van der Waals surface area (Å²) in [4.78, 5) is 17.9. The second-order valence-corrected chi connectivity index (χ2v) is 5.97. The third-order valence-corrected chi connectivity index (χ3v) is 4.74. The monoisotopic (exact) mass is 301 g/mol. The lowest BCUT2D eigenvalue weighted by Gasteiger charge is -1.99. The first kappa shape index (κ1) is 13.1. The number of aromatic nitrogens is 4. The number of H-pyrrole nitrogens is 1. The molecule has 0 fully saturated rings. The molecule has 0 atom stereocenters. The third kappa shape index (κ3) is 2.82. The number of nitrogens with zero attached hydrogens (tertiary/aromatic N) is 3. The number of imidazole rings is 1. The van der Waals surface area contributed by atoms with Crippen LogP contribution >= 0.6 is 23.1 Å². The van der Waals surface area contributed by atoms with E-state index in [2.05, 4.69) is 37.8 Å². The Morgan fingerprint density at radius 1 is 1.30 bits per heavy atom. The predicted octanol–water partition coefficient (Wildman–Crippen LogP) is 2.02. The topological polar surface area (TPSA) is 80.5 Å². The van der Waals surface area contributed by atoms with E-state index in [0.717, 1.165) is 21.2 Å². The second-order valence-electron chi connectivity index (χ2n) is 3.84. The van der Waals surface area contributed by atoms with Crippen molar-refractivity contribution in [1.82, 2.24) is 19.9 Å². The van der Waals surface area contributed by atoms with Crippen molar-refractivity contribution in [2.45, 2.75) is 10.8 Å². The highest BCUT2D eigenvalue weighted by molar-refractivity contribution is 7.98. The summed E-state index contributed by atoms with van der Waals surface area (Å²) in [7, 11) is 0. The fourth-order valence-corrected chi connectivity index (χ4v) is 3.53. The number of hydrogen-bond acceptors (Lipinski definition) is 6. The standard InChI is InChI=1S/C13H11N5S2/c14-5-1-2-9-3-4-10(20-9)6-19-13-11-12(16-7-15-11)17-8-18-13/h3-4,7-8H,5-6,14H2,(H,15,16,17,18). The van der Waals surface area contributed by atoms with Crippen molar-refractivity contribution in [2.24, 2.45) is 5.73 Å². The summed E-state index contributed by atoms with van der Waals surface area (Å²) in [5.41, 5.74) is 6.95. The molecule has 0 aliphatic heterocycles. The molecular weight excluding hydrogens is 290 g/mol. The Morgan fingerprint density at radius 2 is 2.25 bits per heavy atom. The van der Waals surface area contributed by atoms with E-state index >= 15 is 0 Å². The number of hydrogen-bond donors (Lipinski definition) is 2. The Morgan fingerprint density at radius 3 is 3.15 bits per heavy atom. The second kappa shape index (κ2) is 6.05. The SMILES string of the molecule is NCC#Cc1ccc(CSc2ncnc3nc[nH]c23)s1. The van der Waals surface area contributed by atoms with Gasteiger partial charge in [0, 0.05) is 10.6 Å². The van der Waals surface area contributed by atoms with Gasteiger partial charge >= 0.3 is 0 Å². The summed E-state index contributed by atoms with van der Waals surface area (Å²) < 4.78 is 0. The molecule has 0 saturated carbocycles. The normalized spacial score (nSPS) is 10.4. The Hall–Kier alpha value is -1.88. The van der Waals surface area contributed by atoms with Crippen LogP contribution in [0.1, 0.15) is 9.75 Å². The quantitative estimate of drug-likeness (QED) is 0.439. The molecule has 7 heteroatoms. The summed E-state index contributed by atoms with van der Waals surface area (Å²) >= 11 is 3.34. The Bertz CT molecular complexity index is 781. The van der Waals surface area contributed by atoms with Crippen LogP contribution in [0, 0.1) is 11.8 Å². The van der Waals surface area contributed by atoms with Gasteiger partial charge in [0.15, 0.2) is 5.65 Å². The maximum Gasteiger partial charge on any atom is 0.181 e. The van der Waals surface area contributed by atoms with Crippen LogP contribution in [0.3, 0.4) is 0 Å². The number of thioether (sulfide) groups is 1. The third-order valence-electron chi connectivity index (χ3n) is 2.51. The van der Waals surface area contributed by atoms with Crippen LogP contribution in [0.2, 0.25) is 0 Å². The zero-order chi connectivity index (χ0) is 13.8. The highest BCUT2D eigenvalue weighted by Gasteiger charge is 2.07. The highest BCUT2D eigenvalue weighted by Crippen LogP contribution is 2.28. The summed E-state index contributed by atoms with van der Waals surface area (Å²) in [6.07, 6.45) is 3.17. The smallest absolute Gasteiger partial charge is 0.181 e. The number of rotatable bonds is 3. The molecule has 0 amide bonds. The molecule has 100 valence electrons. The van der Waals surface area contributed by atoms with E-state index in [4.69, 9.17) is 5.73 Å². The number of aromatic amines is 1. The van der Waals surface area contributed by atoms with Gasteiger partial charge in [-0.15, -0.1) is 11.3 Å². The Labute approximate surface area is 124 Å². The average molecular weight is 301 g/mol.